The molecular formula is C19H20N4O2. The van der Waals surface area contributed by atoms with Gasteiger partial charge in [0.05, 0.1) is 6.20 Å². The average molecular weight is 336 g/mol. The second-order valence-corrected chi connectivity index (χ2v) is 5.93. The van der Waals surface area contributed by atoms with Gasteiger partial charge in [0.2, 0.25) is 0 Å². The molecule has 0 fully saturated rings. The van der Waals surface area contributed by atoms with Crippen LogP contribution in [0.4, 0.5) is 0 Å². The molecule has 0 spiro atoms. The fourth-order valence-electron chi connectivity index (χ4n) is 2.66. The molecule has 0 bridgehead atoms. The van der Waals surface area contributed by atoms with Crippen molar-refractivity contribution in [2.45, 2.75) is 19.0 Å². The van der Waals surface area contributed by atoms with Crippen LogP contribution in [0.3, 0.4) is 0 Å². The van der Waals surface area contributed by atoms with Gasteiger partial charge in [-0.25, -0.2) is 0 Å². The summed E-state index contributed by atoms with van der Waals surface area (Å²) in [5, 5.41) is 16.6. The minimum atomic E-state index is -0.864. The van der Waals surface area contributed by atoms with Crippen molar-refractivity contribution in [3.8, 4) is 11.1 Å². The van der Waals surface area contributed by atoms with E-state index in [1.54, 1.807) is 23.3 Å². The van der Waals surface area contributed by atoms with Crippen LogP contribution in [0.1, 0.15) is 11.1 Å². The molecule has 2 aromatic heterocycles. The van der Waals surface area contributed by atoms with Gasteiger partial charge in [-0.05, 0) is 34.4 Å². The smallest absolute Gasteiger partial charge is 0.321 e. The molecule has 2 heterocycles. The summed E-state index contributed by atoms with van der Waals surface area (Å²) in [6.45, 7) is 0.494. The lowest BCUT2D eigenvalue weighted by Crippen LogP contribution is -2.38. The minimum absolute atomic E-state index is 0.401. The van der Waals surface area contributed by atoms with Crippen molar-refractivity contribution in [3.63, 3.8) is 0 Å². The highest BCUT2D eigenvalue weighted by Gasteiger charge is 2.18. The summed E-state index contributed by atoms with van der Waals surface area (Å²) in [7, 11) is 1.82. The van der Waals surface area contributed by atoms with Crippen molar-refractivity contribution in [3.05, 3.63) is 72.3 Å². The normalized spacial score (nSPS) is 12.0. The molecule has 0 saturated carbocycles. The Bertz CT molecular complexity index is 828. The van der Waals surface area contributed by atoms with E-state index in [0.29, 0.717) is 13.0 Å². The Labute approximate surface area is 146 Å². The van der Waals surface area contributed by atoms with E-state index in [-0.39, 0.29) is 0 Å². The Kier molecular flexibility index (Phi) is 5.20. The Morgan fingerprint density at radius 1 is 1.12 bits per heavy atom. The Hall–Kier alpha value is -2.99. The summed E-state index contributed by atoms with van der Waals surface area (Å²) in [6, 6.07) is 11.3. The Morgan fingerprint density at radius 3 is 2.40 bits per heavy atom. The summed E-state index contributed by atoms with van der Waals surface area (Å²) >= 11 is 0. The first-order chi connectivity index (χ1) is 12.1. The van der Waals surface area contributed by atoms with E-state index in [1.165, 1.54) is 0 Å². The molecule has 0 radical (unpaired) electrons. The molecule has 0 saturated heterocycles. The standard InChI is InChI=1S/C19H20N4O2/c1-23-13-15(12-22-23)10-18(19(24)25)21-11-14-2-4-16(5-3-14)17-6-8-20-9-7-17/h2-9,12-13,18,21H,10-11H2,1H3,(H,24,25). The molecule has 3 aromatic rings. The molecule has 3 rings (SSSR count). The van der Waals surface area contributed by atoms with E-state index in [9.17, 15) is 9.90 Å². The van der Waals surface area contributed by atoms with Gasteiger partial charge in [0.1, 0.15) is 6.04 Å². The van der Waals surface area contributed by atoms with Gasteiger partial charge in [0.15, 0.2) is 0 Å². The van der Waals surface area contributed by atoms with Crippen LogP contribution < -0.4 is 5.32 Å². The third-order valence-electron chi connectivity index (χ3n) is 4.02. The van der Waals surface area contributed by atoms with Gasteiger partial charge in [0, 0.05) is 38.6 Å². The highest BCUT2D eigenvalue weighted by atomic mass is 16.4. The zero-order chi connectivity index (χ0) is 17.6. The molecule has 2 N–H and O–H groups in total. The van der Waals surface area contributed by atoms with Crippen molar-refractivity contribution in [2.75, 3.05) is 0 Å². The first kappa shape index (κ1) is 16.9. The van der Waals surface area contributed by atoms with Crippen LogP contribution in [0.25, 0.3) is 11.1 Å². The number of aromatic nitrogens is 3. The van der Waals surface area contributed by atoms with Gasteiger partial charge in [-0.2, -0.15) is 5.10 Å². The van der Waals surface area contributed by atoms with Gasteiger partial charge < -0.3 is 10.4 Å². The van der Waals surface area contributed by atoms with Crippen LogP contribution in [0.15, 0.2) is 61.2 Å². The van der Waals surface area contributed by atoms with Gasteiger partial charge in [0.25, 0.3) is 0 Å². The SMILES string of the molecule is Cn1cc(CC(NCc2ccc(-c3ccncc3)cc2)C(=O)O)cn1. The summed E-state index contributed by atoms with van der Waals surface area (Å²) in [5.41, 5.74) is 4.15. The quantitative estimate of drug-likeness (QED) is 0.692. The molecule has 1 unspecified atom stereocenters. The Morgan fingerprint density at radius 2 is 1.80 bits per heavy atom. The number of aliphatic carboxylic acids is 1. The molecule has 25 heavy (non-hydrogen) atoms. The highest BCUT2D eigenvalue weighted by Crippen LogP contribution is 2.18. The number of nitrogens with zero attached hydrogens (tertiary/aromatic N) is 3. The zero-order valence-corrected chi connectivity index (χ0v) is 14.0. The summed E-state index contributed by atoms with van der Waals surface area (Å²) in [6.07, 6.45) is 7.46. The van der Waals surface area contributed by atoms with E-state index in [1.807, 2.05) is 49.6 Å². The van der Waals surface area contributed by atoms with Gasteiger partial charge >= 0.3 is 5.97 Å². The fourth-order valence-corrected chi connectivity index (χ4v) is 2.66. The number of carboxylic acids is 1. The number of rotatable bonds is 7. The predicted octanol–water partition coefficient (Wildman–Crippen LogP) is 2.27. The molecule has 6 nitrogen and oxygen atoms in total. The van der Waals surface area contributed by atoms with E-state index >= 15 is 0 Å². The lowest BCUT2D eigenvalue weighted by molar-refractivity contribution is -0.139. The van der Waals surface area contributed by atoms with E-state index in [0.717, 1.165) is 22.3 Å². The maximum atomic E-state index is 11.5. The molecule has 0 amide bonds. The third-order valence-corrected chi connectivity index (χ3v) is 4.02. The van der Waals surface area contributed by atoms with Crippen LogP contribution in [0, 0.1) is 0 Å². The van der Waals surface area contributed by atoms with Crippen molar-refractivity contribution < 1.29 is 9.90 Å². The zero-order valence-electron chi connectivity index (χ0n) is 14.0. The molecule has 1 atom stereocenters. The van der Waals surface area contributed by atoms with Gasteiger partial charge in [-0.15, -0.1) is 0 Å². The highest BCUT2D eigenvalue weighted by molar-refractivity contribution is 5.73. The van der Waals surface area contributed by atoms with Crippen LogP contribution in [0.5, 0.6) is 0 Å². The maximum Gasteiger partial charge on any atom is 0.321 e. The number of hydrogen-bond acceptors (Lipinski definition) is 4. The van der Waals surface area contributed by atoms with E-state index < -0.39 is 12.0 Å². The molecular weight excluding hydrogens is 316 g/mol. The van der Waals surface area contributed by atoms with Gasteiger partial charge in [-0.1, -0.05) is 24.3 Å². The van der Waals surface area contributed by atoms with Crippen LogP contribution >= 0.6 is 0 Å². The molecule has 0 aliphatic carbocycles. The largest absolute Gasteiger partial charge is 0.480 e. The van der Waals surface area contributed by atoms with Crippen molar-refractivity contribution in [2.24, 2.45) is 7.05 Å². The number of nitrogens with one attached hydrogen (secondary N) is 1. The second-order valence-electron chi connectivity index (χ2n) is 5.93. The summed E-state index contributed by atoms with van der Waals surface area (Å²) in [4.78, 5) is 15.5. The van der Waals surface area contributed by atoms with Crippen LogP contribution in [-0.2, 0) is 24.8 Å². The van der Waals surface area contributed by atoms with Crippen LogP contribution in [0.2, 0.25) is 0 Å². The number of carboxylic acid groups (broad SMARTS) is 1. The van der Waals surface area contributed by atoms with E-state index in [2.05, 4.69) is 15.4 Å². The molecule has 1 aromatic carbocycles. The minimum Gasteiger partial charge on any atom is -0.480 e. The van der Waals surface area contributed by atoms with Crippen molar-refractivity contribution in [1.29, 1.82) is 0 Å². The lowest BCUT2D eigenvalue weighted by Gasteiger charge is -2.14. The second kappa shape index (κ2) is 7.72. The molecule has 128 valence electrons. The fraction of sp³-hybridized carbons (Fsp3) is 0.211. The predicted molar refractivity (Wildman–Crippen MR) is 94.8 cm³/mol. The third kappa shape index (κ3) is 4.51. The lowest BCUT2D eigenvalue weighted by atomic mass is 10.0. The Balaban J connectivity index is 1.62. The number of aryl methyl sites for hydroxylation is 1. The monoisotopic (exact) mass is 336 g/mol. The number of hydrogen-bond donors (Lipinski definition) is 2. The van der Waals surface area contributed by atoms with Gasteiger partial charge in [-0.3, -0.25) is 14.5 Å². The molecule has 6 heteroatoms. The van der Waals surface area contributed by atoms with Crippen LogP contribution in [-0.4, -0.2) is 31.9 Å². The number of benzene rings is 1. The van der Waals surface area contributed by atoms with E-state index in [4.69, 9.17) is 0 Å². The maximum absolute atomic E-state index is 11.5. The summed E-state index contributed by atoms with van der Waals surface area (Å²) in [5.74, 6) is -0.864. The molecule has 0 aliphatic rings. The summed E-state index contributed by atoms with van der Waals surface area (Å²) < 4.78 is 1.67. The molecule has 0 aliphatic heterocycles. The average Bonchev–Trinajstić information content (AvgIpc) is 3.04. The number of carbonyl (C=O) groups is 1. The topological polar surface area (TPSA) is 80.0 Å². The van der Waals surface area contributed by atoms with Crippen molar-refractivity contribution in [1.82, 2.24) is 20.1 Å². The van der Waals surface area contributed by atoms with Crippen molar-refractivity contribution >= 4 is 5.97 Å². The first-order valence-corrected chi connectivity index (χ1v) is 8.05. The number of pyridine rings is 1. The first-order valence-electron chi connectivity index (χ1n) is 8.05.